The van der Waals surface area contributed by atoms with Crippen molar-refractivity contribution in [3.8, 4) is 0 Å². The van der Waals surface area contributed by atoms with Crippen LogP contribution in [0.3, 0.4) is 0 Å². The van der Waals surface area contributed by atoms with Crippen LogP contribution in [0.5, 0.6) is 0 Å². The van der Waals surface area contributed by atoms with E-state index in [-0.39, 0.29) is 21.7 Å². The fourth-order valence-electron chi connectivity index (χ4n) is 2.88. The van der Waals surface area contributed by atoms with Crippen LogP contribution in [0.15, 0.2) is 41.4 Å². The number of thiazole rings is 1. The van der Waals surface area contributed by atoms with Crippen LogP contribution in [0.1, 0.15) is 24.8 Å². The molecule has 2 aromatic rings. The van der Waals surface area contributed by atoms with Gasteiger partial charge in [0, 0.05) is 24.7 Å². The van der Waals surface area contributed by atoms with E-state index in [0.717, 1.165) is 12.5 Å². The highest BCUT2D eigenvalue weighted by molar-refractivity contribution is 7.90. The third-order valence-electron chi connectivity index (χ3n) is 4.22. The fraction of sp³-hybridized carbons (Fsp3) is 0.278. The average Bonchev–Trinajstić information content (AvgIpc) is 3.20. The van der Waals surface area contributed by atoms with E-state index in [9.17, 15) is 22.4 Å². The van der Waals surface area contributed by atoms with Gasteiger partial charge in [-0.2, -0.15) is 4.39 Å². The molecule has 0 radical (unpaired) electrons. The van der Waals surface area contributed by atoms with Crippen molar-refractivity contribution >= 4 is 43.6 Å². The molecule has 142 valence electrons. The molecule has 6 nitrogen and oxygen atoms in total. The molecule has 0 saturated heterocycles. The highest BCUT2D eigenvalue weighted by atomic mass is 32.2. The number of Topliss-reactive ketones (excluding diaryl/α,β-unsaturated/α-hetero) is 1. The number of carbonyl (C=O) groups is 2. The van der Waals surface area contributed by atoms with Crippen molar-refractivity contribution in [2.45, 2.75) is 24.2 Å². The minimum atomic E-state index is -3.36. The Morgan fingerprint density at radius 1 is 1.33 bits per heavy atom. The Morgan fingerprint density at radius 3 is 2.56 bits per heavy atom. The topological polar surface area (TPSA) is 93.2 Å². The molecule has 1 N–H and O–H groups in total. The number of benzene rings is 1. The standard InChI is InChI=1S/C18H17FN2O4S2/c1-27(24,25)14-6-3-12(4-7-14)15(9-11-2-5-13(22)8-11)17(23)21-18-20-10-16(19)26-18/h3-4,6-7,9-11H,2,5,8H2,1H3,(H,20,21,23)/t11-/m0/s1. The maximum atomic E-state index is 13.1. The number of aromatic nitrogens is 1. The predicted octanol–water partition coefficient (Wildman–Crippen LogP) is 3.08. The van der Waals surface area contributed by atoms with E-state index in [1.54, 1.807) is 18.2 Å². The van der Waals surface area contributed by atoms with Gasteiger partial charge in [0.2, 0.25) is 0 Å². The van der Waals surface area contributed by atoms with E-state index in [2.05, 4.69) is 10.3 Å². The number of rotatable bonds is 5. The molecule has 1 saturated carbocycles. The maximum absolute atomic E-state index is 13.1. The van der Waals surface area contributed by atoms with Gasteiger partial charge in [0.05, 0.1) is 11.1 Å². The van der Waals surface area contributed by atoms with Crippen molar-refractivity contribution in [3.05, 3.63) is 47.2 Å². The Morgan fingerprint density at radius 2 is 2.04 bits per heavy atom. The van der Waals surface area contributed by atoms with Crippen LogP contribution < -0.4 is 5.32 Å². The van der Waals surface area contributed by atoms with Crippen LogP contribution in [0.4, 0.5) is 9.52 Å². The minimum absolute atomic E-state index is 0.0686. The van der Waals surface area contributed by atoms with Crippen molar-refractivity contribution < 1.29 is 22.4 Å². The first-order valence-electron chi connectivity index (χ1n) is 8.19. The summed E-state index contributed by atoms with van der Waals surface area (Å²) >= 11 is 0.707. The van der Waals surface area contributed by atoms with Crippen molar-refractivity contribution in [2.24, 2.45) is 5.92 Å². The molecule has 1 aromatic carbocycles. The molecule has 1 fully saturated rings. The van der Waals surface area contributed by atoms with Gasteiger partial charge in [0.1, 0.15) is 5.78 Å². The van der Waals surface area contributed by atoms with E-state index in [1.165, 1.54) is 12.1 Å². The maximum Gasteiger partial charge on any atom is 0.257 e. The summed E-state index contributed by atoms with van der Waals surface area (Å²) in [4.78, 5) is 28.2. The summed E-state index contributed by atoms with van der Waals surface area (Å²) in [6, 6.07) is 5.94. The quantitative estimate of drug-likeness (QED) is 0.768. The summed E-state index contributed by atoms with van der Waals surface area (Å²) in [7, 11) is -3.36. The van der Waals surface area contributed by atoms with Crippen molar-refractivity contribution in [2.75, 3.05) is 11.6 Å². The van der Waals surface area contributed by atoms with Gasteiger partial charge in [-0.1, -0.05) is 29.5 Å². The van der Waals surface area contributed by atoms with Gasteiger partial charge >= 0.3 is 0 Å². The molecule has 9 heteroatoms. The summed E-state index contributed by atoms with van der Waals surface area (Å²) in [5, 5.41) is 2.15. The number of hydrogen-bond donors (Lipinski definition) is 1. The second-order valence-electron chi connectivity index (χ2n) is 6.34. The van der Waals surface area contributed by atoms with Gasteiger partial charge in [0.15, 0.2) is 20.1 Å². The zero-order valence-corrected chi connectivity index (χ0v) is 16.1. The molecule has 1 aliphatic rings. The average molecular weight is 408 g/mol. The van der Waals surface area contributed by atoms with Crippen LogP contribution in [0, 0.1) is 11.0 Å². The molecule has 0 aliphatic heterocycles. The van der Waals surface area contributed by atoms with Crippen molar-refractivity contribution in [1.82, 2.24) is 4.98 Å². The Kier molecular flexibility index (Phi) is 5.52. The number of amides is 1. The summed E-state index contributed by atoms with van der Waals surface area (Å²) in [6.07, 6.45) is 5.33. The SMILES string of the molecule is CS(=O)(=O)c1ccc(C(=C[C@H]2CCC(=O)C2)C(=O)Nc2ncc(F)s2)cc1. The van der Waals surface area contributed by atoms with E-state index < -0.39 is 20.9 Å². The lowest BCUT2D eigenvalue weighted by Crippen LogP contribution is -2.14. The Labute approximate surface area is 160 Å². The van der Waals surface area contributed by atoms with Crippen LogP contribution in [-0.2, 0) is 19.4 Å². The zero-order valence-electron chi connectivity index (χ0n) is 14.4. The first kappa shape index (κ1) is 19.4. The minimum Gasteiger partial charge on any atom is -0.300 e. The number of hydrogen-bond acceptors (Lipinski definition) is 6. The molecule has 0 bridgehead atoms. The highest BCUT2D eigenvalue weighted by Crippen LogP contribution is 2.29. The molecular weight excluding hydrogens is 391 g/mol. The molecule has 1 atom stereocenters. The largest absolute Gasteiger partial charge is 0.300 e. The fourth-order valence-corrected chi connectivity index (χ4v) is 4.05. The zero-order chi connectivity index (χ0) is 19.6. The smallest absolute Gasteiger partial charge is 0.257 e. The molecule has 1 aliphatic carbocycles. The van der Waals surface area contributed by atoms with Gasteiger partial charge in [0.25, 0.3) is 5.91 Å². The number of sulfone groups is 1. The third-order valence-corrected chi connectivity index (χ3v) is 6.05. The Bertz CT molecular complexity index is 1010. The summed E-state index contributed by atoms with van der Waals surface area (Å²) in [5.41, 5.74) is 0.807. The van der Waals surface area contributed by atoms with Crippen LogP contribution >= 0.6 is 11.3 Å². The third kappa shape index (κ3) is 4.86. The number of ketones is 1. The lowest BCUT2D eigenvalue weighted by atomic mass is 9.98. The van der Waals surface area contributed by atoms with Gasteiger partial charge < -0.3 is 0 Å². The number of nitrogens with one attached hydrogen (secondary N) is 1. The lowest BCUT2D eigenvalue weighted by molar-refractivity contribution is -0.117. The number of halogens is 1. The molecule has 27 heavy (non-hydrogen) atoms. The predicted molar refractivity (Wildman–Crippen MR) is 101 cm³/mol. The summed E-state index contributed by atoms with van der Waals surface area (Å²) < 4.78 is 36.4. The van der Waals surface area contributed by atoms with Gasteiger partial charge in [-0.05, 0) is 30.0 Å². The van der Waals surface area contributed by atoms with Gasteiger partial charge in [-0.3, -0.25) is 14.9 Å². The number of allylic oxidation sites excluding steroid dienone is 1. The summed E-state index contributed by atoms with van der Waals surface area (Å²) in [6.45, 7) is 0. The van der Waals surface area contributed by atoms with E-state index >= 15 is 0 Å². The highest BCUT2D eigenvalue weighted by Gasteiger charge is 2.23. The van der Waals surface area contributed by atoms with E-state index in [1.807, 2.05) is 0 Å². The van der Waals surface area contributed by atoms with E-state index in [4.69, 9.17) is 0 Å². The first-order chi connectivity index (χ1) is 12.7. The Balaban J connectivity index is 1.93. The normalized spacial score (nSPS) is 17.9. The number of carbonyl (C=O) groups excluding carboxylic acids is 2. The molecule has 1 heterocycles. The second kappa shape index (κ2) is 7.69. The molecular formula is C18H17FN2O4S2. The van der Waals surface area contributed by atoms with Crippen LogP contribution in [0.2, 0.25) is 0 Å². The lowest BCUT2D eigenvalue weighted by Gasteiger charge is -2.11. The van der Waals surface area contributed by atoms with Crippen LogP contribution in [-0.4, -0.2) is 31.3 Å². The van der Waals surface area contributed by atoms with Crippen molar-refractivity contribution in [1.29, 1.82) is 0 Å². The molecule has 0 spiro atoms. The second-order valence-corrected chi connectivity index (χ2v) is 9.34. The van der Waals surface area contributed by atoms with E-state index in [0.29, 0.717) is 41.7 Å². The molecule has 1 amide bonds. The number of nitrogens with zero attached hydrogens (tertiary/aromatic N) is 1. The Hall–Kier alpha value is -2.39. The van der Waals surface area contributed by atoms with Gasteiger partial charge in [-0.15, -0.1) is 0 Å². The number of anilines is 1. The molecule has 3 rings (SSSR count). The van der Waals surface area contributed by atoms with Crippen molar-refractivity contribution in [3.63, 3.8) is 0 Å². The first-order valence-corrected chi connectivity index (χ1v) is 10.9. The molecule has 1 aromatic heterocycles. The summed E-state index contributed by atoms with van der Waals surface area (Å²) in [5.74, 6) is -0.415. The van der Waals surface area contributed by atoms with Crippen LogP contribution in [0.25, 0.3) is 5.57 Å². The van der Waals surface area contributed by atoms with Gasteiger partial charge in [-0.25, -0.2) is 13.4 Å². The molecule has 0 unspecified atom stereocenters. The monoisotopic (exact) mass is 408 g/mol.